The Balaban J connectivity index is 1.74. The molecule has 0 unspecified atom stereocenters. The number of aliphatic hydroxyl groups excluding tert-OH is 1. The van der Waals surface area contributed by atoms with Crippen molar-refractivity contribution in [2.75, 3.05) is 12.8 Å². The number of fused-ring (bicyclic) bond motifs is 2. The lowest BCUT2D eigenvalue weighted by Gasteiger charge is -2.20. The van der Waals surface area contributed by atoms with Crippen molar-refractivity contribution in [2.24, 2.45) is 0 Å². The number of aromatic nitrogens is 4. The molecule has 0 saturated heterocycles. The van der Waals surface area contributed by atoms with E-state index in [1.54, 1.807) is 36.4 Å². The van der Waals surface area contributed by atoms with Crippen LogP contribution >= 0.6 is 0 Å². The highest BCUT2D eigenvalue weighted by Crippen LogP contribution is 2.34. The third-order valence-electron chi connectivity index (χ3n) is 6.73. The molecule has 9 nitrogen and oxygen atoms in total. The van der Waals surface area contributed by atoms with Crippen molar-refractivity contribution in [2.45, 2.75) is 32.8 Å². The second kappa shape index (κ2) is 9.07. The van der Waals surface area contributed by atoms with E-state index in [9.17, 15) is 14.7 Å². The molecule has 5 N–H and O–H groups in total. The SMILES string of the molecule is CNC(=O)c1cc(-c2cccc(-n3ncc4cc(C(C)(C)C)cc(F)c4c3=O)c2CO)cc2c(N)n[nH]c12. The first-order valence-electron chi connectivity index (χ1n) is 12.0. The van der Waals surface area contributed by atoms with Gasteiger partial charge in [0.25, 0.3) is 11.5 Å². The zero-order valence-corrected chi connectivity index (χ0v) is 21.4. The van der Waals surface area contributed by atoms with E-state index in [1.165, 1.54) is 19.3 Å². The number of nitrogen functional groups attached to an aromatic ring is 1. The van der Waals surface area contributed by atoms with Gasteiger partial charge in [0.05, 0.1) is 35.0 Å². The van der Waals surface area contributed by atoms with Gasteiger partial charge in [-0.1, -0.05) is 32.9 Å². The molecular weight excluding hydrogens is 487 g/mol. The monoisotopic (exact) mass is 514 g/mol. The summed E-state index contributed by atoms with van der Waals surface area (Å²) in [7, 11) is 1.52. The highest BCUT2D eigenvalue weighted by Gasteiger charge is 2.21. The number of rotatable bonds is 4. The van der Waals surface area contributed by atoms with E-state index < -0.39 is 18.0 Å². The first-order valence-corrected chi connectivity index (χ1v) is 12.0. The molecule has 0 aliphatic carbocycles. The second-order valence-corrected chi connectivity index (χ2v) is 10.1. The predicted molar refractivity (Wildman–Crippen MR) is 145 cm³/mol. The van der Waals surface area contributed by atoms with Crippen molar-refractivity contribution in [1.82, 2.24) is 25.3 Å². The Morgan fingerprint density at radius 1 is 1.21 bits per heavy atom. The second-order valence-electron chi connectivity index (χ2n) is 10.1. The third-order valence-corrected chi connectivity index (χ3v) is 6.73. The molecule has 0 saturated carbocycles. The van der Waals surface area contributed by atoms with Crippen LogP contribution in [-0.4, -0.2) is 38.0 Å². The Morgan fingerprint density at radius 2 is 1.97 bits per heavy atom. The fourth-order valence-electron chi connectivity index (χ4n) is 4.66. The molecule has 2 aromatic heterocycles. The van der Waals surface area contributed by atoms with Crippen molar-refractivity contribution in [3.63, 3.8) is 0 Å². The standard InChI is InChI=1S/C28H27FN6O3/c1-28(2,3)16-8-15-12-32-35(27(38)23(15)21(29)11-16)22-7-5-6-17(20(22)13-36)14-9-18-24(33-34-25(18)30)19(10-14)26(37)31-4/h5-12,36H,13H2,1-4H3,(H,31,37)(H3,30,33,34). The average Bonchev–Trinajstić information content (AvgIpc) is 3.27. The number of H-pyrrole nitrogens is 1. The highest BCUT2D eigenvalue weighted by molar-refractivity contribution is 6.09. The summed E-state index contributed by atoms with van der Waals surface area (Å²) in [4.78, 5) is 26.1. The van der Waals surface area contributed by atoms with Gasteiger partial charge in [-0.15, -0.1) is 0 Å². The molecule has 3 aromatic carbocycles. The fourth-order valence-corrected chi connectivity index (χ4v) is 4.66. The van der Waals surface area contributed by atoms with E-state index in [1.807, 2.05) is 20.8 Å². The predicted octanol–water partition coefficient (Wildman–Crippen LogP) is 3.80. The first kappa shape index (κ1) is 25.1. The number of carbonyl (C=O) groups is 1. The van der Waals surface area contributed by atoms with Crippen molar-refractivity contribution in [1.29, 1.82) is 0 Å². The zero-order chi connectivity index (χ0) is 27.4. The molecule has 194 valence electrons. The van der Waals surface area contributed by atoms with Gasteiger partial charge >= 0.3 is 0 Å². The quantitative estimate of drug-likeness (QED) is 0.288. The average molecular weight is 515 g/mol. The summed E-state index contributed by atoms with van der Waals surface area (Å²) in [6.07, 6.45) is 1.45. The smallest absolute Gasteiger partial charge is 0.282 e. The Kier molecular flexibility index (Phi) is 5.99. The van der Waals surface area contributed by atoms with Gasteiger partial charge < -0.3 is 16.2 Å². The molecular formula is C28H27FN6O3. The summed E-state index contributed by atoms with van der Waals surface area (Å²) in [6.45, 7) is 5.44. The molecule has 0 atom stereocenters. The van der Waals surface area contributed by atoms with Crippen LogP contribution in [0.25, 0.3) is 38.5 Å². The van der Waals surface area contributed by atoms with E-state index in [-0.39, 0.29) is 28.2 Å². The Hall–Kier alpha value is -4.57. The molecule has 0 radical (unpaired) electrons. The number of aromatic amines is 1. The fraction of sp³-hybridized carbons (Fsp3) is 0.214. The third kappa shape index (κ3) is 3.99. The molecule has 0 fully saturated rings. The molecule has 0 aliphatic rings. The lowest BCUT2D eigenvalue weighted by atomic mass is 9.86. The van der Waals surface area contributed by atoms with Gasteiger partial charge in [0.1, 0.15) is 5.82 Å². The van der Waals surface area contributed by atoms with Crippen LogP contribution in [0, 0.1) is 5.82 Å². The summed E-state index contributed by atoms with van der Waals surface area (Å²) in [6, 6.07) is 11.6. The van der Waals surface area contributed by atoms with Gasteiger partial charge in [0.15, 0.2) is 5.82 Å². The van der Waals surface area contributed by atoms with Crippen LogP contribution in [0.5, 0.6) is 0 Å². The van der Waals surface area contributed by atoms with E-state index >= 15 is 4.39 Å². The lowest BCUT2D eigenvalue weighted by molar-refractivity contribution is 0.0964. The number of benzene rings is 3. The summed E-state index contributed by atoms with van der Waals surface area (Å²) >= 11 is 0. The van der Waals surface area contributed by atoms with Gasteiger partial charge in [-0.3, -0.25) is 14.7 Å². The van der Waals surface area contributed by atoms with Gasteiger partial charge in [0, 0.05) is 23.4 Å². The number of nitrogens with two attached hydrogens (primary N) is 1. The molecule has 10 heteroatoms. The van der Waals surface area contributed by atoms with Crippen LogP contribution in [0.2, 0.25) is 0 Å². The minimum atomic E-state index is -0.645. The normalized spacial score (nSPS) is 11.8. The largest absolute Gasteiger partial charge is 0.392 e. The highest BCUT2D eigenvalue weighted by atomic mass is 19.1. The minimum absolute atomic E-state index is 0.0863. The van der Waals surface area contributed by atoms with E-state index in [4.69, 9.17) is 5.73 Å². The van der Waals surface area contributed by atoms with Crippen LogP contribution < -0.4 is 16.6 Å². The number of halogens is 1. The molecule has 2 heterocycles. The van der Waals surface area contributed by atoms with Crippen LogP contribution in [-0.2, 0) is 12.0 Å². The number of aliphatic hydroxyl groups is 1. The van der Waals surface area contributed by atoms with Gasteiger partial charge in [0.2, 0.25) is 0 Å². The van der Waals surface area contributed by atoms with Crippen molar-refractivity contribution in [3.8, 4) is 16.8 Å². The topological polar surface area (TPSA) is 139 Å². The maximum atomic E-state index is 15.2. The Morgan fingerprint density at radius 3 is 2.66 bits per heavy atom. The van der Waals surface area contributed by atoms with Crippen molar-refractivity contribution >= 4 is 33.4 Å². The van der Waals surface area contributed by atoms with Gasteiger partial charge in [-0.25, -0.2) is 4.39 Å². The molecule has 5 aromatic rings. The number of hydrogen-bond acceptors (Lipinski definition) is 6. The Labute approximate surface area is 217 Å². The first-order chi connectivity index (χ1) is 18.0. The van der Waals surface area contributed by atoms with E-state index in [2.05, 4.69) is 20.6 Å². The van der Waals surface area contributed by atoms with Gasteiger partial charge in [-0.2, -0.15) is 14.9 Å². The lowest BCUT2D eigenvalue weighted by Crippen LogP contribution is -2.24. The number of anilines is 1. The molecule has 0 aliphatic heterocycles. The number of nitrogens with one attached hydrogen (secondary N) is 2. The van der Waals surface area contributed by atoms with Crippen LogP contribution in [0.4, 0.5) is 10.2 Å². The number of hydrogen-bond donors (Lipinski definition) is 4. The van der Waals surface area contributed by atoms with Crippen molar-refractivity contribution < 1.29 is 14.3 Å². The van der Waals surface area contributed by atoms with Gasteiger partial charge in [-0.05, 0) is 52.4 Å². The maximum Gasteiger partial charge on any atom is 0.282 e. The molecule has 38 heavy (non-hydrogen) atoms. The zero-order valence-electron chi connectivity index (χ0n) is 21.4. The van der Waals surface area contributed by atoms with E-state index in [0.717, 1.165) is 10.2 Å². The van der Waals surface area contributed by atoms with Crippen LogP contribution in [0.15, 0.2) is 53.5 Å². The van der Waals surface area contributed by atoms with Crippen LogP contribution in [0.1, 0.15) is 42.3 Å². The van der Waals surface area contributed by atoms with Crippen LogP contribution in [0.3, 0.4) is 0 Å². The Bertz CT molecular complexity index is 1800. The number of carbonyl (C=O) groups excluding carboxylic acids is 1. The maximum absolute atomic E-state index is 15.2. The molecule has 0 spiro atoms. The summed E-state index contributed by atoms with van der Waals surface area (Å²) in [5.74, 6) is -0.766. The summed E-state index contributed by atoms with van der Waals surface area (Å²) in [5, 5.41) is 25.0. The number of amides is 1. The summed E-state index contributed by atoms with van der Waals surface area (Å²) < 4.78 is 16.3. The van der Waals surface area contributed by atoms with Crippen molar-refractivity contribution in [3.05, 3.63) is 81.5 Å². The minimum Gasteiger partial charge on any atom is -0.392 e. The number of nitrogens with zero attached hydrogens (tertiary/aromatic N) is 3. The molecule has 5 rings (SSSR count). The summed E-state index contributed by atoms with van der Waals surface area (Å²) in [5.41, 5.74) is 8.41. The van der Waals surface area contributed by atoms with E-state index in [0.29, 0.717) is 38.5 Å². The molecule has 1 amide bonds. The molecule has 0 bridgehead atoms.